The van der Waals surface area contributed by atoms with Gasteiger partial charge in [-0.3, -0.25) is 4.79 Å². The zero-order valence-corrected chi connectivity index (χ0v) is 41.8. The molecule has 0 aromatic carbocycles. The average molecular weight is 909 g/mol. The Morgan fingerprint density at radius 1 is 0.500 bits per heavy atom. The molecule has 1 saturated heterocycles. The number of unbranched alkanes of at least 4 members (excludes halogenated alkanes) is 33. The van der Waals surface area contributed by atoms with Crippen LogP contribution in [0, 0.1) is 0 Å². The van der Waals surface area contributed by atoms with Gasteiger partial charge in [0.25, 0.3) is 0 Å². The number of aliphatic hydroxyl groups excluding tert-OH is 4. The van der Waals surface area contributed by atoms with E-state index in [2.05, 4.69) is 38.2 Å². The number of hydrogen-bond donors (Lipinski definition) is 4. The molecule has 6 atom stereocenters. The SMILES string of the molecule is CCCCCCC/C=C\C/C=C\CCCCCCCCCCCCCCCC(=O)OC(COCCCCCCCCCCCCCCCCCC)COC1OC(CO)C(O)C(O)C1O. The predicted molar refractivity (Wildman–Crippen MR) is 265 cm³/mol. The van der Waals surface area contributed by atoms with Gasteiger partial charge in [-0.2, -0.15) is 0 Å². The van der Waals surface area contributed by atoms with Crippen molar-refractivity contribution in [2.75, 3.05) is 26.4 Å². The van der Waals surface area contributed by atoms with E-state index in [0.717, 1.165) is 38.5 Å². The fraction of sp³-hybridized carbons (Fsp3) is 0.909. The number of hydrogen-bond acceptors (Lipinski definition) is 9. The Morgan fingerprint density at radius 2 is 0.906 bits per heavy atom. The van der Waals surface area contributed by atoms with Gasteiger partial charge in [0.1, 0.15) is 30.5 Å². The topological polar surface area (TPSA) is 135 Å². The minimum Gasteiger partial charge on any atom is -0.457 e. The van der Waals surface area contributed by atoms with E-state index in [-0.39, 0.29) is 19.2 Å². The lowest BCUT2D eigenvalue weighted by atomic mass is 9.99. The molecule has 0 bridgehead atoms. The van der Waals surface area contributed by atoms with Gasteiger partial charge in [-0.1, -0.05) is 231 Å². The third kappa shape index (κ3) is 36.7. The molecule has 378 valence electrons. The lowest BCUT2D eigenvalue weighted by Crippen LogP contribution is -2.59. The molecule has 1 rings (SSSR count). The molecule has 4 N–H and O–H groups in total. The first kappa shape index (κ1) is 60.7. The summed E-state index contributed by atoms with van der Waals surface area (Å²) >= 11 is 0. The standard InChI is InChI=1S/C55H104O9/c1-3-5-7-9-11-13-15-17-19-21-22-23-24-25-26-27-28-29-30-32-34-36-38-40-42-44-51(57)63-49(48-62-55-54(60)53(59)52(58)50(46-56)64-55)47-61-45-43-41-39-37-35-33-31-20-18-16-14-12-10-8-6-4-2/h15,17,21-22,49-50,52-56,58-60H,3-14,16,18-20,23-48H2,1-2H3/b17-15-,22-21-. The quantitative estimate of drug-likeness (QED) is 0.0267. The molecular formula is C55H104O9. The predicted octanol–water partition coefficient (Wildman–Crippen LogP) is 13.7. The van der Waals surface area contributed by atoms with Crippen LogP contribution in [0.5, 0.6) is 0 Å². The second-order valence-electron chi connectivity index (χ2n) is 19.0. The van der Waals surface area contributed by atoms with Gasteiger partial charge in [-0.25, -0.2) is 0 Å². The van der Waals surface area contributed by atoms with Crippen molar-refractivity contribution in [3.05, 3.63) is 24.3 Å². The number of allylic oxidation sites excluding steroid dienone is 4. The van der Waals surface area contributed by atoms with E-state index < -0.39 is 43.4 Å². The van der Waals surface area contributed by atoms with Crippen molar-refractivity contribution in [2.45, 2.75) is 295 Å². The van der Waals surface area contributed by atoms with Gasteiger partial charge in [0.15, 0.2) is 6.29 Å². The van der Waals surface area contributed by atoms with Crippen molar-refractivity contribution < 1.29 is 44.2 Å². The Labute approximate surface area is 394 Å². The van der Waals surface area contributed by atoms with Gasteiger partial charge in [-0.05, 0) is 44.9 Å². The molecule has 0 aromatic rings. The van der Waals surface area contributed by atoms with Crippen LogP contribution in [0.3, 0.4) is 0 Å². The lowest BCUT2D eigenvalue weighted by molar-refractivity contribution is -0.305. The maximum absolute atomic E-state index is 12.9. The molecule has 9 nitrogen and oxygen atoms in total. The van der Waals surface area contributed by atoms with Gasteiger partial charge < -0.3 is 39.4 Å². The van der Waals surface area contributed by atoms with E-state index in [0.29, 0.717) is 13.0 Å². The molecule has 0 spiro atoms. The highest BCUT2D eigenvalue weighted by atomic mass is 16.7. The van der Waals surface area contributed by atoms with Crippen LogP contribution in [-0.2, 0) is 23.7 Å². The van der Waals surface area contributed by atoms with Crippen LogP contribution in [0.15, 0.2) is 24.3 Å². The van der Waals surface area contributed by atoms with Crippen LogP contribution in [0.2, 0.25) is 0 Å². The van der Waals surface area contributed by atoms with Crippen LogP contribution < -0.4 is 0 Å². The summed E-state index contributed by atoms with van der Waals surface area (Å²) in [6.07, 6.45) is 49.3. The van der Waals surface area contributed by atoms with E-state index in [9.17, 15) is 25.2 Å². The molecular weight excluding hydrogens is 805 g/mol. The Kier molecular flexibility index (Phi) is 44.3. The Bertz CT molecular complexity index is 1040. The van der Waals surface area contributed by atoms with Crippen LogP contribution in [0.4, 0.5) is 0 Å². The fourth-order valence-corrected chi connectivity index (χ4v) is 8.58. The fourth-order valence-electron chi connectivity index (χ4n) is 8.58. The van der Waals surface area contributed by atoms with Crippen LogP contribution in [0.25, 0.3) is 0 Å². The highest BCUT2D eigenvalue weighted by Gasteiger charge is 2.44. The van der Waals surface area contributed by atoms with E-state index in [4.69, 9.17) is 18.9 Å². The maximum atomic E-state index is 12.9. The minimum absolute atomic E-state index is 0.108. The summed E-state index contributed by atoms with van der Waals surface area (Å²) in [5.74, 6) is -0.309. The summed E-state index contributed by atoms with van der Waals surface area (Å²) in [5.41, 5.74) is 0. The largest absolute Gasteiger partial charge is 0.457 e. The summed E-state index contributed by atoms with van der Waals surface area (Å²) < 4.78 is 22.9. The molecule has 0 amide bonds. The number of carbonyl (C=O) groups excluding carboxylic acids is 1. The third-order valence-electron chi connectivity index (χ3n) is 12.9. The van der Waals surface area contributed by atoms with Crippen molar-refractivity contribution in [2.24, 2.45) is 0 Å². The average Bonchev–Trinajstić information content (AvgIpc) is 3.30. The van der Waals surface area contributed by atoms with Crippen molar-refractivity contribution in [3.8, 4) is 0 Å². The summed E-state index contributed by atoms with van der Waals surface area (Å²) in [6, 6.07) is 0. The molecule has 0 radical (unpaired) electrons. The number of rotatable bonds is 48. The zero-order valence-electron chi connectivity index (χ0n) is 41.8. The van der Waals surface area contributed by atoms with Gasteiger partial charge in [0.05, 0.1) is 19.8 Å². The van der Waals surface area contributed by atoms with Crippen molar-refractivity contribution in [1.29, 1.82) is 0 Å². The molecule has 1 heterocycles. The Morgan fingerprint density at radius 3 is 1.34 bits per heavy atom. The first-order chi connectivity index (χ1) is 31.4. The molecule has 0 saturated carbocycles. The number of esters is 1. The second-order valence-corrected chi connectivity index (χ2v) is 19.0. The second kappa shape index (κ2) is 46.8. The van der Waals surface area contributed by atoms with E-state index >= 15 is 0 Å². The molecule has 0 aliphatic carbocycles. The van der Waals surface area contributed by atoms with Gasteiger partial charge in [0.2, 0.25) is 0 Å². The Hall–Kier alpha value is -1.33. The summed E-state index contributed by atoms with van der Waals surface area (Å²) in [7, 11) is 0. The van der Waals surface area contributed by atoms with E-state index in [1.165, 1.54) is 199 Å². The first-order valence-electron chi connectivity index (χ1n) is 27.4. The van der Waals surface area contributed by atoms with Crippen LogP contribution in [0.1, 0.15) is 258 Å². The first-order valence-corrected chi connectivity index (χ1v) is 27.4. The van der Waals surface area contributed by atoms with Gasteiger partial charge >= 0.3 is 5.97 Å². The van der Waals surface area contributed by atoms with Gasteiger partial charge in [-0.15, -0.1) is 0 Å². The number of ether oxygens (including phenoxy) is 4. The highest BCUT2D eigenvalue weighted by molar-refractivity contribution is 5.69. The monoisotopic (exact) mass is 909 g/mol. The minimum atomic E-state index is -1.53. The van der Waals surface area contributed by atoms with E-state index in [1.54, 1.807) is 0 Å². The highest BCUT2D eigenvalue weighted by Crippen LogP contribution is 2.23. The number of carbonyl (C=O) groups is 1. The maximum Gasteiger partial charge on any atom is 0.306 e. The number of aliphatic hydroxyl groups is 4. The van der Waals surface area contributed by atoms with Crippen molar-refractivity contribution >= 4 is 5.97 Å². The van der Waals surface area contributed by atoms with Crippen molar-refractivity contribution in [1.82, 2.24) is 0 Å². The third-order valence-corrected chi connectivity index (χ3v) is 12.9. The normalized spacial score (nSPS) is 19.6. The molecule has 0 aromatic heterocycles. The van der Waals surface area contributed by atoms with Crippen LogP contribution >= 0.6 is 0 Å². The lowest BCUT2D eigenvalue weighted by Gasteiger charge is -2.39. The van der Waals surface area contributed by atoms with Crippen LogP contribution in [-0.4, -0.2) is 89.6 Å². The van der Waals surface area contributed by atoms with Crippen molar-refractivity contribution in [3.63, 3.8) is 0 Å². The molecule has 9 heteroatoms. The summed E-state index contributed by atoms with van der Waals surface area (Å²) in [6.45, 7) is 4.60. The molecule has 1 aliphatic heterocycles. The molecule has 64 heavy (non-hydrogen) atoms. The smallest absolute Gasteiger partial charge is 0.306 e. The zero-order chi connectivity index (χ0) is 46.4. The molecule has 1 fully saturated rings. The van der Waals surface area contributed by atoms with Gasteiger partial charge in [0, 0.05) is 13.0 Å². The molecule has 6 unspecified atom stereocenters. The summed E-state index contributed by atoms with van der Waals surface area (Å²) in [5, 5.41) is 40.3. The Balaban J connectivity index is 2.15. The molecule has 1 aliphatic rings. The van der Waals surface area contributed by atoms with E-state index in [1.807, 2.05) is 0 Å². The summed E-state index contributed by atoms with van der Waals surface area (Å²) in [4.78, 5) is 12.9.